The lowest BCUT2D eigenvalue weighted by Crippen LogP contribution is -2.11. The molecule has 17 heavy (non-hydrogen) atoms. The van der Waals surface area contributed by atoms with Crippen molar-refractivity contribution in [3.8, 4) is 0 Å². The number of hydrogen-bond donors (Lipinski definition) is 2. The first-order valence-electron chi connectivity index (χ1n) is 5.98. The lowest BCUT2D eigenvalue weighted by molar-refractivity contribution is -0.116. The number of carbonyl (C=O) groups excluding carboxylic acids is 1. The minimum atomic E-state index is -0.301. The van der Waals surface area contributed by atoms with Gasteiger partial charge in [-0.15, -0.1) is 0 Å². The van der Waals surface area contributed by atoms with Crippen LogP contribution in [0, 0.1) is 5.82 Å². The molecule has 0 bridgehead atoms. The minimum absolute atomic E-state index is 0.0237. The molecule has 0 aliphatic heterocycles. The second kappa shape index (κ2) is 7.79. The first-order valence-corrected chi connectivity index (χ1v) is 5.98. The zero-order chi connectivity index (χ0) is 12.5. The van der Waals surface area contributed by atoms with Gasteiger partial charge in [0.25, 0.3) is 0 Å². The SMILES string of the molecule is NCCCCCCC(=O)Nc1ccc(F)cc1. The zero-order valence-electron chi connectivity index (χ0n) is 9.92. The summed E-state index contributed by atoms with van der Waals surface area (Å²) in [6.45, 7) is 0.710. The zero-order valence-corrected chi connectivity index (χ0v) is 9.92. The van der Waals surface area contributed by atoms with Crippen LogP contribution in [-0.2, 0) is 4.79 Å². The van der Waals surface area contributed by atoms with Crippen molar-refractivity contribution in [2.75, 3.05) is 11.9 Å². The van der Waals surface area contributed by atoms with Crippen molar-refractivity contribution in [2.24, 2.45) is 5.73 Å². The van der Waals surface area contributed by atoms with E-state index in [4.69, 9.17) is 5.73 Å². The van der Waals surface area contributed by atoms with E-state index in [1.54, 1.807) is 12.1 Å². The van der Waals surface area contributed by atoms with Crippen LogP contribution in [0.4, 0.5) is 10.1 Å². The van der Waals surface area contributed by atoms with Crippen molar-refractivity contribution < 1.29 is 9.18 Å². The van der Waals surface area contributed by atoms with E-state index >= 15 is 0 Å². The summed E-state index contributed by atoms with van der Waals surface area (Å²) in [4.78, 5) is 11.5. The third-order valence-electron chi connectivity index (χ3n) is 2.49. The number of benzene rings is 1. The van der Waals surface area contributed by atoms with Crippen LogP contribution in [0.5, 0.6) is 0 Å². The summed E-state index contributed by atoms with van der Waals surface area (Å²) in [6.07, 6.45) is 4.48. The third kappa shape index (κ3) is 6.02. The molecule has 0 atom stereocenters. The molecule has 1 aromatic rings. The Bertz CT molecular complexity index is 338. The highest BCUT2D eigenvalue weighted by atomic mass is 19.1. The van der Waals surface area contributed by atoms with Gasteiger partial charge in [0, 0.05) is 12.1 Å². The lowest BCUT2D eigenvalue weighted by atomic mass is 10.1. The van der Waals surface area contributed by atoms with Gasteiger partial charge in [-0.1, -0.05) is 12.8 Å². The average molecular weight is 238 g/mol. The average Bonchev–Trinajstić information content (AvgIpc) is 2.32. The molecule has 3 nitrogen and oxygen atoms in total. The molecule has 0 saturated carbocycles. The van der Waals surface area contributed by atoms with Crippen LogP contribution in [0.25, 0.3) is 0 Å². The second-order valence-electron chi connectivity index (χ2n) is 4.01. The van der Waals surface area contributed by atoms with Crippen molar-refractivity contribution >= 4 is 11.6 Å². The number of carbonyl (C=O) groups is 1. The van der Waals surface area contributed by atoms with Crippen LogP contribution in [0.2, 0.25) is 0 Å². The van der Waals surface area contributed by atoms with Crippen molar-refractivity contribution in [1.82, 2.24) is 0 Å². The summed E-state index contributed by atoms with van der Waals surface area (Å²) >= 11 is 0. The van der Waals surface area contributed by atoms with Gasteiger partial charge in [0.15, 0.2) is 0 Å². The van der Waals surface area contributed by atoms with Crippen LogP contribution in [-0.4, -0.2) is 12.5 Å². The van der Waals surface area contributed by atoms with E-state index in [2.05, 4.69) is 5.32 Å². The summed E-state index contributed by atoms with van der Waals surface area (Å²) in [5, 5.41) is 2.73. The standard InChI is InChI=1S/C13H19FN2O/c14-11-6-8-12(9-7-11)16-13(17)5-3-1-2-4-10-15/h6-9H,1-5,10,15H2,(H,16,17). The van der Waals surface area contributed by atoms with Gasteiger partial charge in [0.2, 0.25) is 5.91 Å². The van der Waals surface area contributed by atoms with E-state index in [0.717, 1.165) is 25.7 Å². The van der Waals surface area contributed by atoms with Gasteiger partial charge in [-0.05, 0) is 43.7 Å². The number of anilines is 1. The third-order valence-corrected chi connectivity index (χ3v) is 2.49. The Labute approximate surface area is 101 Å². The lowest BCUT2D eigenvalue weighted by Gasteiger charge is -2.04. The molecule has 94 valence electrons. The summed E-state index contributed by atoms with van der Waals surface area (Å²) in [7, 11) is 0. The minimum Gasteiger partial charge on any atom is -0.330 e. The molecule has 0 radical (unpaired) electrons. The Morgan fingerprint density at radius 2 is 1.76 bits per heavy atom. The van der Waals surface area contributed by atoms with E-state index in [0.29, 0.717) is 18.7 Å². The van der Waals surface area contributed by atoms with Crippen LogP contribution in [0.15, 0.2) is 24.3 Å². The van der Waals surface area contributed by atoms with Crippen LogP contribution < -0.4 is 11.1 Å². The Kier molecular flexibility index (Phi) is 6.25. The molecule has 1 aromatic carbocycles. The van der Waals surface area contributed by atoms with E-state index in [9.17, 15) is 9.18 Å². The fourth-order valence-electron chi connectivity index (χ4n) is 1.54. The van der Waals surface area contributed by atoms with Crippen LogP contribution >= 0.6 is 0 Å². The van der Waals surface area contributed by atoms with Gasteiger partial charge < -0.3 is 11.1 Å². The molecule has 0 saturated heterocycles. The highest BCUT2D eigenvalue weighted by Crippen LogP contribution is 2.10. The molecule has 1 rings (SSSR count). The second-order valence-corrected chi connectivity index (χ2v) is 4.01. The monoisotopic (exact) mass is 238 g/mol. The molecule has 0 heterocycles. The predicted octanol–water partition coefficient (Wildman–Crippen LogP) is 2.67. The number of nitrogens with two attached hydrogens (primary N) is 1. The van der Waals surface area contributed by atoms with E-state index in [-0.39, 0.29) is 11.7 Å². The predicted molar refractivity (Wildman–Crippen MR) is 67.2 cm³/mol. The van der Waals surface area contributed by atoms with Crippen LogP contribution in [0.1, 0.15) is 32.1 Å². The smallest absolute Gasteiger partial charge is 0.224 e. The maximum atomic E-state index is 12.6. The van der Waals surface area contributed by atoms with Gasteiger partial charge in [-0.3, -0.25) is 4.79 Å². The van der Waals surface area contributed by atoms with E-state index in [1.807, 2.05) is 0 Å². The fourth-order valence-corrected chi connectivity index (χ4v) is 1.54. The van der Waals surface area contributed by atoms with Gasteiger partial charge in [0.05, 0.1) is 0 Å². The Morgan fingerprint density at radius 1 is 1.12 bits per heavy atom. The molecular formula is C13H19FN2O. The normalized spacial score (nSPS) is 10.2. The molecule has 0 aliphatic rings. The van der Waals surface area contributed by atoms with Crippen molar-refractivity contribution in [3.63, 3.8) is 0 Å². The molecule has 0 fully saturated rings. The molecule has 0 aromatic heterocycles. The van der Waals surface area contributed by atoms with Crippen molar-refractivity contribution in [1.29, 1.82) is 0 Å². The van der Waals surface area contributed by atoms with Gasteiger partial charge in [0.1, 0.15) is 5.82 Å². The molecule has 0 aliphatic carbocycles. The molecule has 0 spiro atoms. The molecule has 4 heteroatoms. The number of amides is 1. The first kappa shape index (κ1) is 13.6. The highest BCUT2D eigenvalue weighted by Gasteiger charge is 2.02. The van der Waals surface area contributed by atoms with Crippen molar-refractivity contribution in [2.45, 2.75) is 32.1 Å². The fraction of sp³-hybridized carbons (Fsp3) is 0.462. The van der Waals surface area contributed by atoms with Gasteiger partial charge in [-0.25, -0.2) is 4.39 Å². The van der Waals surface area contributed by atoms with Gasteiger partial charge >= 0.3 is 0 Å². The summed E-state index contributed by atoms with van der Waals surface area (Å²) in [5.74, 6) is -0.325. The topological polar surface area (TPSA) is 55.1 Å². The highest BCUT2D eigenvalue weighted by molar-refractivity contribution is 5.90. The number of nitrogens with one attached hydrogen (secondary N) is 1. The van der Waals surface area contributed by atoms with E-state index < -0.39 is 0 Å². The quantitative estimate of drug-likeness (QED) is 0.717. The maximum Gasteiger partial charge on any atom is 0.224 e. The molecule has 1 amide bonds. The number of halogens is 1. The number of unbranched alkanes of at least 4 members (excludes halogenated alkanes) is 3. The summed E-state index contributed by atoms with van der Waals surface area (Å²) in [5.41, 5.74) is 6.01. The maximum absolute atomic E-state index is 12.6. The largest absolute Gasteiger partial charge is 0.330 e. The summed E-state index contributed by atoms with van der Waals surface area (Å²) in [6, 6.07) is 5.77. The molecular weight excluding hydrogens is 219 g/mol. The first-order chi connectivity index (χ1) is 8.22. The Balaban J connectivity index is 2.18. The van der Waals surface area contributed by atoms with E-state index in [1.165, 1.54) is 12.1 Å². The summed E-state index contributed by atoms with van der Waals surface area (Å²) < 4.78 is 12.6. The number of rotatable bonds is 7. The van der Waals surface area contributed by atoms with Gasteiger partial charge in [-0.2, -0.15) is 0 Å². The number of hydrogen-bond acceptors (Lipinski definition) is 2. The Hall–Kier alpha value is -1.42. The Morgan fingerprint density at radius 3 is 2.41 bits per heavy atom. The van der Waals surface area contributed by atoms with Crippen LogP contribution in [0.3, 0.4) is 0 Å². The molecule has 3 N–H and O–H groups in total. The molecule has 0 unspecified atom stereocenters. The van der Waals surface area contributed by atoms with Crippen molar-refractivity contribution in [3.05, 3.63) is 30.1 Å².